The molecule has 6 heteroatoms. The van der Waals surface area contributed by atoms with Crippen molar-refractivity contribution in [2.75, 3.05) is 39.5 Å². The number of aliphatic imine (C=N–C) groups is 1. The quantitative estimate of drug-likeness (QED) is 0.358. The number of hydrogen-bond donors (Lipinski definition) is 1. The van der Waals surface area contributed by atoms with Crippen LogP contribution >= 0.6 is 24.0 Å². The summed E-state index contributed by atoms with van der Waals surface area (Å²) >= 11 is 0. The fourth-order valence-corrected chi connectivity index (χ4v) is 1.88. The van der Waals surface area contributed by atoms with Crippen LogP contribution < -0.4 is 5.73 Å². The van der Waals surface area contributed by atoms with Crippen LogP contribution in [0.5, 0.6) is 0 Å². The maximum atomic E-state index is 5.91. The highest BCUT2D eigenvalue weighted by Gasteiger charge is 2.11. The largest absolute Gasteiger partial charge is 0.378 e. The average molecular weight is 391 g/mol. The molecule has 0 saturated carbocycles. The number of ether oxygens (including phenoxy) is 2. The number of nitrogens with zero attached hydrogens (tertiary/aromatic N) is 2. The van der Waals surface area contributed by atoms with E-state index in [4.69, 9.17) is 15.2 Å². The standard InChI is InChI=1S/C14H21N3O2.HI/c15-14(17-7-10-18-11-8-17)16-6-9-19-12-13-4-2-1-3-5-13;/h1-5H,6-12H2,(H2,15,16);1H. The number of rotatable bonds is 5. The minimum absolute atomic E-state index is 0. The van der Waals surface area contributed by atoms with Crippen molar-refractivity contribution in [3.05, 3.63) is 35.9 Å². The Hall–Kier alpha value is -0.860. The molecule has 0 radical (unpaired) electrons. The minimum Gasteiger partial charge on any atom is -0.378 e. The minimum atomic E-state index is 0. The van der Waals surface area contributed by atoms with Crippen LogP contribution in [0, 0.1) is 0 Å². The highest BCUT2D eigenvalue weighted by atomic mass is 127. The molecular weight excluding hydrogens is 369 g/mol. The van der Waals surface area contributed by atoms with Crippen LogP contribution in [0.25, 0.3) is 0 Å². The molecule has 1 saturated heterocycles. The van der Waals surface area contributed by atoms with Gasteiger partial charge in [0.1, 0.15) is 0 Å². The second-order valence-corrected chi connectivity index (χ2v) is 4.38. The topological polar surface area (TPSA) is 60.1 Å². The van der Waals surface area contributed by atoms with Crippen molar-refractivity contribution < 1.29 is 9.47 Å². The summed E-state index contributed by atoms with van der Waals surface area (Å²) < 4.78 is 10.8. The lowest BCUT2D eigenvalue weighted by molar-refractivity contribution is 0.0672. The molecule has 1 fully saturated rings. The Morgan fingerprint density at radius 2 is 1.95 bits per heavy atom. The van der Waals surface area contributed by atoms with Crippen molar-refractivity contribution in [2.45, 2.75) is 6.61 Å². The maximum Gasteiger partial charge on any atom is 0.191 e. The Bertz CT molecular complexity index is 395. The lowest BCUT2D eigenvalue weighted by Gasteiger charge is -2.27. The summed E-state index contributed by atoms with van der Waals surface area (Å²) in [6.07, 6.45) is 0. The van der Waals surface area contributed by atoms with Crippen LogP contribution in [-0.4, -0.2) is 50.3 Å². The first-order valence-electron chi connectivity index (χ1n) is 6.60. The van der Waals surface area contributed by atoms with Gasteiger partial charge in [0.2, 0.25) is 0 Å². The van der Waals surface area contributed by atoms with Crippen LogP contribution in [0.3, 0.4) is 0 Å². The summed E-state index contributed by atoms with van der Waals surface area (Å²) in [5.74, 6) is 0.589. The molecule has 1 aliphatic rings. The van der Waals surface area contributed by atoms with E-state index in [1.165, 1.54) is 5.56 Å². The van der Waals surface area contributed by atoms with Gasteiger partial charge < -0.3 is 20.1 Å². The SMILES string of the molecule is I.NC(=NCCOCc1ccccc1)N1CCOCC1. The van der Waals surface area contributed by atoms with Gasteiger partial charge in [0.25, 0.3) is 0 Å². The molecule has 1 heterocycles. The Kier molecular flexibility index (Phi) is 8.56. The van der Waals surface area contributed by atoms with E-state index in [-0.39, 0.29) is 24.0 Å². The van der Waals surface area contributed by atoms with E-state index in [2.05, 4.69) is 4.99 Å². The van der Waals surface area contributed by atoms with Gasteiger partial charge in [-0.2, -0.15) is 0 Å². The van der Waals surface area contributed by atoms with E-state index in [1.54, 1.807) is 0 Å². The zero-order valence-electron chi connectivity index (χ0n) is 11.5. The van der Waals surface area contributed by atoms with Crippen molar-refractivity contribution in [1.82, 2.24) is 4.90 Å². The Morgan fingerprint density at radius 1 is 1.25 bits per heavy atom. The average Bonchev–Trinajstić information content (AvgIpc) is 2.49. The predicted octanol–water partition coefficient (Wildman–Crippen LogP) is 1.47. The van der Waals surface area contributed by atoms with Crippen molar-refractivity contribution >= 4 is 29.9 Å². The molecule has 2 N–H and O–H groups in total. The van der Waals surface area contributed by atoms with Gasteiger partial charge in [0, 0.05) is 13.1 Å². The zero-order chi connectivity index (χ0) is 13.3. The first-order valence-corrected chi connectivity index (χ1v) is 6.60. The van der Waals surface area contributed by atoms with Crippen LogP contribution in [0.1, 0.15) is 5.56 Å². The molecular formula is C14H22IN3O2. The monoisotopic (exact) mass is 391 g/mol. The molecule has 1 aromatic carbocycles. The van der Waals surface area contributed by atoms with Crippen molar-refractivity contribution in [1.29, 1.82) is 0 Å². The molecule has 0 aliphatic carbocycles. The van der Waals surface area contributed by atoms with Gasteiger partial charge in [0.15, 0.2) is 5.96 Å². The summed E-state index contributed by atoms with van der Waals surface area (Å²) in [5.41, 5.74) is 7.08. The summed E-state index contributed by atoms with van der Waals surface area (Å²) in [4.78, 5) is 6.36. The highest BCUT2D eigenvalue weighted by Crippen LogP contribution is 2.00. The molecule has 0 spiro atoms. The predicted molar refractivity (Wildman–Crippen MR) is 90.4 cm³/mol. The van der Waals surface area contributed by atoms with Crippen LogP contribution in [0.4, 0.5) is 0 Å². The van der Waals surface area contributed by atoms with E-state index in [9.17, 15) is 0 Å². The Labute approximate surface area is 137 Å². The molecule has 0 bridgehead atoms. The summed E-state index contributed by atoms with van der Waals surface area (Å²) in [6, 6.07) is 10.1. The highest BCUT2D eigenvalue weighted by molar-refractivity contribution is 14.0. The second kappa shape index (κ2) is 9.95. The molecule has 2 rings (SSSR count). The lowest BCUT2D eigenvalue weighted by atomic mass is 10.2. The number of guanidine groups is 1. The molecule has 5 nitrogen and oxygen atoms in total. The molecule has 0 amide bonds. The molecule has 112 valence electrons. The molecule has 0 unspecified atom stereocenters. The number of benzene rings is 1. The summed E-state index contributed by atoms with van der Waals surface area (Å²) in [7, 11) is 0. The fraction of sp³-hybridized carbons (Fsp3) is 0.500. The van der Waals surface area contributed by atoms with E-state index >= 15 is 0 Å². The number of morpholine rings is 1. The summed E-state index contributed by atoms with van der Waals surface area (Å²) in [6.45, 7) is 4.88. The van der Waals surface area contributed by atoms with Gasteiger partial charge in [-0.3, -0.25) is 4.99 Å². The first kappa shape index (κ1) is 17.2. The van der Waals surface area contributed by atoms with Crippen LogP contribution in [-0.2, 0) is 16.1 Å². The Balaban J connectivity index is 0.00000200. The van der Waals surface area contributed by atoms with Gasteiger partial charge in [-0.05, 0) is 5.56 Å². The summed E-state index contributed by atoms with van der Waals surface area (Å²) in [5, 5.41) is 0. The Morgan fingerprint density at radius 3 is 2.65 bits per heavy atom. The number of halogens is 1. The van der Waals surface area contributed by atoms with Crippen LogP contribution in [0.15, 0.2) is 35.3 Å². The zero-order valence-corrected chi connectivity index (χ0v) is 13.9. The van der Waals surface area contributed by atoms with Gasteiger partial charge in [0.05, 0.1) is 33.0 Å². The van der Waals surface area contributed by atoms with Gasteiger partial charge in [-0.15, -0.1) is 24.0 Å². The van der Waals surface area contributed by atoms with Gasteiger partial charge in [-0.25, -0.2) is 0 Å². The smallest absolute Gasteiger partial charge is 0.191 e. The van der Waals surface area contributed by atoms with Crippen molar-refractivity contribution in [3.63, 3.8) is 0 Å². The van der Waals surface area contributed by atoms with Crippen molar-refractivity contribution in [3.8, 4) is 0 Å². The third-order valence-electron chi connectivity index (χ3n) is 2.96. The van der Waals surface area contributed by atoms with Gasteiger partial charge >= 0.3 is 0 Å². The maximum absolute atomic E-state index is 5.91. The van der Waals surface area contributed by atoms with E-state index in [0.29, 0.717) is 25.7 Å². The third-order valence-corrected chi connectivity index (χ3v) is 2.96. The van der Waals surface area contributed by atoms with E-state index in [1.807, 2.05) is 35.2 Å². The lowest BCUT2D eigenvalue weighted by Crippen LogP contribution is -2.44. The molecule has 0 atom stereocenters. The number of hydrogen-bond acceptors (Lipinski definition) is 3. The van der Waals surface area contributed by atoms with E-state index < -0.39 is 0 Å². The van der Waals surface area contributed by atoms with Gasteiger partial charge in [-0.1, -0.05) is 30.3 Å². The molecule has 20 heavy (non-hydrogen) atoms. The third kappa shape index (κ3) is 6.06. The molecule has 1 aliphatic heterocycles. The second-order valence-electron chi connectivity index (χ2n) is 4.38. The van der Waals surface area contributed by atoms with E-state index in [0.717, 1.165) is 26.3 Å². The number of nitrogens with two attached hydrogens (primary N) is 1. The van der Waals surface area contributed by atoms with Crippen molar-refractivity contribution in [2.24, 2.45) is 10.7 Å². The fourth-order valence-electron chi connectivity index (χ4n) is 1.88. The van der Waals surface area contributed by atoms with Crippen LogP contribution in [0.2, 0.25) is 0 Å². The molecule has 1 aromatic rings. The molecule has 0 aromatic heterocycles. The normalized spacial score (nSPS) is 15.8. The first-order chi connectivity index (χ1) is 9.36.